The van der Waals surface area contributed by atoms with Crippen molar-refractivity contribution in [3.05, 3.63) is 82.9 Å². The zero-order valence-corrected chi connectivity index (χ0v) is 41.4. The van der Waals surface area contributed by atoms with Gasteiger partial charge < -0.3 is 41.7 Å². The average Bonchev–Trinajstić information content (AvgIpc) is 4.05. The minimum Gasteiger partial charge on any atom is -0.347 e. The van der Waals surface area contributed by atoms with Crippen LogP contribution in [0.2, 0.25) is 0 Å². The Hall–Kier alpha value is -5.60. The molecular formula is C54H74N8O6. The predicted octanol–water partition coefficient (Wildman–Crippen LogP) is 5.49. The molecule has 68 heavy (non-hydrogen) atoms. The first-order chi connectivity index (χ1) is 32.6. The van der Waals surface area contributed by atoms with Crippen molar-refractivity contribution in [3.8, 4) is 22.3 Å². The molecule has 3 aromatic rings. The van der Waals surface area contributed by atoms with Crippen molar-refractivity contribution < 1.29 is 28.8 Å². The van der Waals surface area contributed by atoms with E-state index in [4.69, 9.17) is 0 Å². The molecule has 2 saturated heterocycles. The Morgan fingerprint density at radius 3 is 1.31 bits per heavy atom. The number of hydrogen-bond donors (Lipinski definition) is 6. The van der Waals surface area contributed by atoms with Gasteiger partial charge in [0.05, 0.1) is 24.2 Å². The summed E-state index contributed by atoms with van der Waals surface area (Å²) in [6.45, 7) is 12.1. The van der Waals surface area contributed by atoms with Crippen LogP contribution in [0.1, 0.15) is 127 Å². The van der Waals surface area contributed by atoms with Gasteiger partial charge in [-0.25, -0.2) is 0 Å². The second kappa shape index (κ2) is 22.2. The number of amides is 6. The zero-order valence-electron chi connectivity index (χ0n) is 41.4. The molecule has 2 aliphatic carbocycles. The molecule has 7 rings (SSSR count). The highest BCUT2D eigenvalue weighted by Crippen LogP contribution is 2.41. The second-order valence-corrected chi connectivity index (χ2v) is 20.1. The van der Waals surface area contributed by atoms with Gasteiger partial charge >= 0.3 is 0 Å². The van der Waals surface area contributed by atoms with E-state index in [9.17, 15) is 28.8 Å². The summed E-state index contributed by atoms with van der Waals surface area (Å²) >= 11 is 0. The lowest BCUT2D eigenvalue weighted by molar-refractivity contribution is -0.142. The lowest BCUT2D eigenvalue weighted by atomic mass is 9.81. The first-order valence-corrected chi connectivity index (χ1v) is 25.1. The fourth-order valence-corrected chi connectivity index (χ4v) is 10.7. The molecule has 14 nitrogen and oxygen atoms in total. The third kappa shape index (κ3) is 10.8. The van der Waals surface area contributed by atoms with Crippen molar-refractivity contribution in [2.75, 3.05) is 27.2 Å². The normalized spacial score (nSPS) is 21.9. The van der Waals surface area contributed by atoms with Gasteiger partial charge in [-0.3, -0.25) is 28.8 Å². The fourth-order valence-electron chi connectivity index (χ4n) is 10.7. The van der Waals surface area contributed by atoms with E-state index in [0.29, 0.717) is 25.9 Å². The summed E-state index contributed by atoms with van der Waals surface area (Å²) in [5.41, 5.74) is 9.08. The summed E-state index contributed by atoms with van der Waals surface area (Å²) in [5.74, 6) is -1.54. The third-order valence-electron chi connectivity index (χ3n) is 14.9. The third-order valence-corrected chi connectivity index (χ3v) is 14.9. The van der Waals surface area contributed by atoms with E-state index in [1.807, 2.05) is 27.7 Å². The summed E-state index contributed by atoms with van der Waals surface area (Å²) in [5, 5.41) is 18.4. The number of carbonyl (C=O) groups excluding carboxylic acids is 6. The number of likely N-dealkylation sites (tertiary alicyclic amines) is 2. The standard InChI is InChI=1S/C54H74N8O6/c1-31(2)47(59-49(63)33(5)55-7)53(67)61-28-14-26-45(61)51(65)57-43-24-12-20-39-37(18-10-22-41(39)43)35-16-9-17-36(30-35)38-19-11-23-42-40(38)21-13-25-44(42)58-52(66)46-27-15-29-62(46)54(68)48(32(3)4)60-50(64)34(6)56-8/h9-11,16-19,22-23,30-34,43-48,55-56H,12-15,20-21,24-29H2,1-8H3,(H,57,65)(H,58,66)(H,59,63)(H,60,64)/t33?,34?,43-,44-,45+,46+,47?,48?/m1/s1. The first-order valence-electron chi connectivity index (χ1n) is 25.1. The molecule has 0 bridgehead atoms. The highest BCUT2D eigenvalue weighted by molar-refractivity contribution is 5.95. The molecular weight excluding hydrogens is 857 g/mol. The van der Waals surface area contributed by atoms with Gasteiger partial charge in [0.2, 0.25) is 35.4 Å². The lowest BCUT2D eigenvalue weighted by Gasteiger charge is -2.33. The molecule has 0 saturated carbocycles. The Labute approximate surface area is 402 Å². The van der Waals surface area contributed by atoms with Gasteiger partial charge in [-0.2, -0.15) is 0 Å². The molecule has 4 aliphatic rings. The molecule has 0 radical (unpaired) electrons. The summed E-state index contributed by atoms with van der Waals surface area (Å²) < 4.78 is 0. The van der Waals surface area contributed by atoms with E-state index >= 15 is 0 Å². The highest BCUT2D eigenvalue weighted by Gasteiger charge is 2.42. The molecule has 2 heterocycles. The Balaban J connectivity index is 1.06. The van der Waals surface area contributed by atoms with Crippen molar-refractivity contribution in [2.24, 2.45) is 11.8 Å². The van der Waals surface area contributed by atoms with Crippen LogP contribution in [0.15, 0.2) is 60.7 Å². The maximum absolute atomic E-state index is 14.1. The molecule has 366 valence electrons. The largest absolute Gasteiger partial charge is 0.347 e. The number of carbonyl (C=O) groups is 6. The van der Waals surface area contributed by atoms with Crippen molar-refractivity contribution in [3.63, 3.8) is 0 Å². The van der Waals surface area contributed by atoms with Crippen LogP contribution in [0, 0.1) is 11.8 Å². The Morgan fingerprint density at radius 2 is 0.926 bits per heavy atom. The second-order valence-electron chi connectivity index (χ2n) is 20.1. The molecule has 0 spiro atoms. The Bertz CT molecular complexity index is 2190. The zero-order chi connectivity index (χ0) is 48.8. The smallest absolute Gasteiger partial charge is 0.246 e. The maximum Gasteiger partial charge on any atom is 0.246 e. The lowest BCUT2D eigenvalue weighted by Crippen LogP contribution is -2.57. The fraction of sp³-hybridized carbons (Fsp3) is 0.556. The van der Waals surface area contributed by atoms with E-state index in [1.165, 1.54) is 11.1 Å². The van der Waals surface area contributed by atoms with Crippen LogP contribution in [0.5, 0.6) is 0 Å². The van der Waals surface area contributed by atoms with E-state index in [2.05, 4.69) is 92.6 Å². The van der Waals surface area contributed by atoms with Crippen LogP contribution < -0.4 is 31.9 Å². The quantitative estimate of drug-likeness (QED) is 0.109. The summed E-state index contributed by atoms with van der Waals surface area (Å²) in [6, 6.07) is 17.4. The first kappa shape index (κ1) is 50.3. The number of likely N-dealkylation sites (N-methyl/N-ethyl adjacent to an activating group) is 2. The molecule has 6 N–H and O–H groups in total. The van der Waals surface area contributed by atoms with Crippen molar-refractivity contribution in [1.29, 1.82) is 0 Å². The summed E-state index contributed by atoms with van der Waals surface area (Å²) in [7, 11) is 3.41. The molecule has 2 fully saturated rings. The van der Waals surface area contributed by atoms with Crippen LogP contribution in [-0.2, 0) is 41.6 Å². The SMILES string of the molecule is CNC(C)C(=O)NC(C(=O)N1CCC[C@H]1C(=O)N[C@@H]1CCCc2c(-c3cccc(-c4cccc5c4CCC[C@H]5NC(=O)[C@@H]4CCCN4C(=O)C(NC(=O)C(C)NC)C(C)C)c3)cccc21)C(C)C. The van der Waals surface area contributed by atoms with Crippen LogP contribution in [-0.4, -0.2) is 109 Å². The van der Waals surface area contributed by atoms with Crippen LogP contribution >= 0.6 is 0 Å². The Morgan fingerprint density at radius 1 is 0.529 bits per heavy atom. The van der Waals surface area contributed by atoms with E-state index in [-0.39, 0.29) is 59.4 Å². The molecule has 2 aliphatic heterocycles. The van der Waals surface area contributed by atoms with Gasteiger partial charge in [-0.05, 0) is 155 Å². The van der Waals surface area contributed by atoms with Gasteiger partial charge in [-0.15, -0.1) is 0 Å². The van der Waals surface area contributed by atoms with E-state index in [1.54, 1.807) is 37.7 Å². The molecule has 8 atom stereocenters. The van der Waals surface area contributed by atoms with Gasteiger partial charge in [-0.1, -0.05) is 82.3 Å². The number of nitrogens with one attached hydrogen (secondary N) is 6. The van der Waals surface area contributed by atoms with Crippen molar-refractivity contribution >= 4 is 35.4 Å². The van der Waals surface area contributed by atoms with E-state index in [0.717, 1.165) is 84.7 Å². The number of nitrogens with zero attached hydrogens (tertiary/aromatic N) is 2. The molecule has 14 heteroatoms. The van der Waals surface area contributed by atoms with Crippen LogP contribution in [0.3, 0.4) is 0 Å². The number of hydrogen-bond acceptors (Lipinski definition) is 8. The molecule has 6 amide bonds. The topological polar surface area (TPSA) is 181 Å². The minimum atomic E-state index is -0.727. The Kier molecular flexibility index (Phi) is 16.4. The molecule has 3 aromatic carbocycles. The van der Waals surface area contributed by atoms with Gasteiger partial charge in [0, 0.05) is 13.1 Å². The number of fused-ring (bicyclic) bond motifs is 2. The van der Waals surface area contributed by atoms with E-state index < -0.39 is 36.3 Å². The number of benzene rings is 3. The van der Waals surface area contributed by atoms with Crippen molar-refractivity contribution in [2.45, 2.75) is 154 Å². The minimum absolute atomic E-state index is 0.147. The monoisotopic (exact) mass is 931 g/mol. The highest BCUT2D eigenvalue weighted by atomic mass is 16.2. The predicted molar refractivity (Wildman–Crippen MR) is 265 cm³/mol. The summed E-state index contributed by atoms with van der Waals surface area (Å²) in [6.07, 6.45) is 7.75. The van der Waals surface area contributed by atoms with Gasteiger partial charge in [0.15, 0.2) is 0 Å². The molecule has 4 unspecified atom stereocenters. The van der Waals surface area contributed by atoms with Crippen molar-refractivity contribution in [1.82, 2.24) is 41.7 Å². The molecule has 0 aromatic heterocycles. The van der Waals surface area contributed by atoms with Crippen LogP contribution in [0.4, 0.5) is 0 Å². The number of rotatable bonds is 16. The van der Waals surface area contributed by atoms with Gasteiger partial charge in [0.25, 0.3) is 0 Å². The van der Waals surface area contributed by atoms with Crippen LogP contribution in [0.25, 0.3) is 22.3 Å². The summed E-state index contributed by atoms with van der Waals surface area (Å²) in [4.78, 5) is 85.1. The maximum atomic E-state index is 14.1. The average molecular weight is 931 g/mol. The van der Waals surface area contributed by atoms with Gasteiger partial charge in [0.1, 0.15) is 24.2 Å².